The molecule has 2 nitrogen and oxygen atoms in total. The third-order valence-electron chi connectivity index (χ3n) is 3.28. The van der Waals surface area contributed by atoms with E-state index >= 15 is 0 Å². The Bertz CT molecular complexity index is 467. The van der Waals surface area contributed by atoms with Gasteiger partial charge in [-0.2, -0.15) is 0 Å². The van der Waals surface area contributed by atoms with Crippen LogP contribution >= 0.6 is 12.2 Å². The Balaban J connectivity index is 2.21. The average molecular weight is 260 g/mol. The molecule has 0 bridgehead atoms. The number of para-hydroxylation sites is 1. The molecule has 3 heteroatoms. The zero-order valence-electron chi connectivity index (χ0n) is 11.1. The van der Waals surface area contributed by atoms with Crippen molar-refractivity contribution in [3.8, 4) is 0 Å². The van der Waals surface area contributed by atoms with Crippen molar-refractivity contribution < 1.29 is 0 Å². The normalized spacial score (nSPS) is 18.1. The highest BCUT2D eigenvalue weighted by molar-refractivity contribution is 7.80. The van der Waals surface area contributed by atoms with Crippen LogP contribution in [-0.4, -0.2) is 17.7 Å². The van der Waals surface area contributed by atoms with E-state index in [2.05, 4.69) is 48.0 Å². The van der Waals surface area contributed by atoms with Gasteiger partial charge in [0, 0.05) is 18.3 Å². The summed E-state index contributed by atoms with van der Waals surface area (Å²) in [6.07, 6.45) is 2.28. The fourth-order valence-electron chi connectivity index (χ4n) is 2.31. The van der Waals surface area contributed by atoms with Gasteiger partial charge in [0.15, 0.2) is 5.11 Å². The summed E-state index contributed by atoms with van der Waals surface area (Å²) >= 11 is 5.52. The van der Waals surface area contributed by atoms with Crippen LogP contribution in [0.4, 0.5) is 5.69 Å². The highest BCUT2D eigenvalue weighted by atomic mass is 32.1. The third-order valence-corrected chi connectivity index (χ3v) is 3.62. The van der Waals surface area contributed by atoms with Crippen LogP contribution in [0.25, 0.3) is 0 Å². The second kappa shape index (κ2) is 5.53. The van der Waals surface area contributed by atoms with Crippen molar-refractivity contribution in [3.05, 3.63) is 42.0 Å². The predicted molar refractivity (Wildman–Crippen MR) is 82.1 cm³/mol. The minimum atomic E-state index is 0.449. The lowest BCUT2D eigenvalue weighted by Crippen LogP contribution is -2.47. The largest absolute Gasteiger partial charge is 0.359 e. The van der Waals surface area contributed by atoms with Crippen LogP contribution in [0.5, 0.6) is 0 Å². The molecule has 1 aromatic carbocycles. The molecule has 0 radical (unpaired) electrons. The summed E-state index contributed by atoms with van der Waals surface area (Å²) in [7, 11) is 0. The first-order valence-corrected chi connectivity index (χ1v) is 6.79. The summed E-state index contributed by atoms with van der Waals surface area (Å²) in [5.41, 5.74) is 3.72. The fourth-order valence-corrected chi connectivity index (χ4v) is 2.66. The predicted octanol–water partition coefficient (Wildman–Crippen LogP) is 3.28. The molecule has 1 aliphatic rings. The number of hydrogen-bond acceptors (Lipinski definition) is 1. The van der Waals surface area contributed by atoms with Gasteiger partial charge < -0.3 is 10.2 Å². The SMILES string of the molecule is C=C(C)CNC(=S)N1c2ccccc2CC[C@@H]1C. The second-order valence-electron chi connectivity index (χ2n) is 5.00. The molecule has 0 aliphatic carbocycles. The minimum Gasteiger partial charge on any atom is -0.359 e. The van der Waals surface area contributed by atoms with Gasteiger partial charge >= 0.3 is 0 Å². The van der Waals surface area contributed by atoms with E-state index in [1.165, 1.54) is 11.3 Å². The molecule has 0 unspecified atom stereocenters. The Kier molecular flexibility index (Phi) is 4.02. The highest BCUT2D eigenvalue weighted by Gasteiger charge is 2.25. The summed E-state index contributed by atoms with van der Waals surface area (Å²) in [6, 6.07) is 8.96. The maximum absolute atomic E-state index is 5.52. The molecule has 0 saturated heterocycles. The van der Waals surface area contributed by atoms with Crippen molar-refractivity contribution in [2.75, 3.05) is 11.4 Å². The molecule has 0 saturated carbocycles. The zero-order chi connectivity index (χ0) is 13.1. The molecule has 0 aromatic heterocycles. The molecule has 1 heterocycles. The summed E-state index contributed by atoms with van der Waals surface area (Å²) in [5.74, 6) is 0. The van der Waals surface area contributed by atoms with Crippen molar-refractivity contribution >= 4 is 23.0 Å². The number of rotatable bonds is 2. The lowest BCUT2D eigenvalue weighted by atomic mass is 9.97. The first-order valence-electron chi connectivity index (χ1n) is 6.39. The van der Waals surface area contributed by atoms with Crippen molar-refractivity contribution in [1.82, 2.24) is 5.32 Å². The van der Waals surface area contributed by atoms with E-state index in [9.17, 15) is 0 Å². The first-order chi connectivity index (χ1) is 8.59. The minimum absolute atomic E-state index is 0.449. The molecule has 0 spiro atoms. The Labute approximate surface area is 115 Å². The maximum atomic E-state index is 5.52. The molecule has 0 fully saturated rings. The topological polar surface area (TPSA) is 15.3 Å². The van der Waals surface area contributed by atoms with Gasteiger partial charge in [-0.1, -0.05) is 30.4 Å². The molecule has 0 amide bonds. The van der Waals surface area contributed by atoms with Crippen LogP contribution in [-0.2, 0) is 6.42 Å². The van der Waals surface area contributed by atoms with Crippen LogP contribution in [0.2, 0.25) is 0 Å². The van der Waals surface area contributed by atoms with Crippen molar-refractivity contribution in [1.29, 1.82) is 0 Å². The van der Waals surface area contributed by atoms with Crippen LogP contribution < -0.4 is 10.2 Å². The van der Waals surface area contributed by atoms with Gasteiger partial charge in [-0.05, 0) is 50.5 Å². The Morgan fingerprint density at radius 2 is 2.22 bits per heavy atom. The van der Waals surface area contributed by atoms with Crippen LogP contribution in [0.3, 0.4) is 0 Å². The van der Waals surface area contributed by atoms with E-state index in [4.69, 9.17) is 12.2 Å². The highest BCUT2D eigenvalue weighted by Crippen LogP contribution is 2.30. The average Bonchev–Trinajstić information content (AvgIpc) is 2.36. The number of benzene rings is 1. The zero-order valence-corrected chi connectivity index (χ0v) is 11.9. The maximum Gasteiger partial charge on any atom is 0.173 e. The van der Waals surface area contributed by atoms with Gasteiger partial charge in [-0.3, -0.25) is 0 Å². The number of thiocarbonyl (C=S) groups is 1. The lowest BCUT2D eigenvalue weighted by molar-refractivity contribution is 0.624. The van der Waals surface area contributed by atoms with Crippen molar-refractivity contribution in [2.24, 2.45) is 0 Å². The van der Waals surface area contributed by atoms with Crippen molar-refractivity contribution in [3.63, 3.8) is 0 Å². The number of fused-ring (bicyclic) bond motifs is 1. The van der Waals surface area contributed by atoms with E-state index < -0.39 is 0 Å². The van der Waals surface area contributed by atoms with Gasteiger partial charge in [0.2, 0.25) is 0 Å². The molecular formula is C15H20N2S. The summed E-state index contributed by atoms with van der Waals surface area (Å²) in [5, 5.41) is 4.08. The van der Waals surface area contributed by atoms with Gasteiger partial charge in [0.05, 0.1) is 0 Å². The number of aryl methyl sites for hydroxylation is 1. The first kappa shape index (κ1) is 13.1. The fraction of sp³-hybridized carbons (Fsp3) is 0.400. The molecule has 1 aromatic rings. The Morgan fingerprint density at radius 1 is 1.50 bits per heavy atom. The second-order valence-corrected chi connectivity index (χ2v) is 5.39. The summed E-state index contributed by atoms with van der Waals surface area (Å²) < 4.78 is 0. The molecule has 1 atom stereocenters. The van der Waals surface area contributed by atoms with E-state index in [0.717, 1.165) is 30.1 Å². The molecule has 18 heavy (non-hydrogen) atoms. The summed E-state index contributed by atoms with van der Waals surface area (Å²) in [4.78, 5) is 2.23. The summed E-state index contributed by atoms with van der Waals surface area (Å²) in [6.45, 7) is 8.87. The standard InChI is InChI=1S/C15H20N2S/c1-11(2)10-16-15(18)17-12(3)8-9-13-6-4-5-7-14(13)17/h4-7,12H,1,8-10H2,2-3H3,(H,16,18)/t12-/m0/s1. The molecule has 96 valence electrons. The van der Waals surface area contributed by atoms with Crippen LogP contribution in [0.15, 0.2) is 36.4 Å². The van der Waals surface area contributed by atoms with Gasteiger partial charge in [0.1, 0.15) is 0 Å². The number of nitrogens with one attached hydrogen (secondary N) is 1. The van der Waals surface area contributed by atoms with Crippen molar-refractivity contribution in [2.45, 2.75) is 32.7 Å². The Hall–Kier alpha value is -1.35. The van der Waals surface area contributed by atoms with Crippen LogP contribution in [0.1, 0.15) is 25.8 Å². The van der Waals surface area contributed by atoms with E-state index in [0.29, 0.717) is 6.04 Å². The quantitative estimate of drug-likeness (QED) is 0.649. The van der Waals surface area contributed by atoms with Crippen LogP contribution in [0, 0.1) is 0 Å². The monoisotopic (exact) mass is 260 g/mol. The van der Waals surface area contributed by atoms with E-state index in [1.807, 2.05) is 6.92 Å². The molecule has 1 aliphatic heterocycles. The third kappa shape index (κ3) is 2.72. The van der Waals surface area contributed by atoms with Gasteiger partial charge in [-0.25, -0.2) is 0 Å². The van der Waals surface area contributed by atoms with E-state index in [1.54, 1.807) is 0 Å². The van der Waals surface area contributed by atoms with Gasteiger partial charge in [0.25, 0.3) is 0 Å². The van der Waals surface area contributed by atoms with E-state index in [-0.39, 0.29) is 0 Å². The number of hydrogen-bond donors (Lipinski definition) is 1. The smallest absolute Gasteiger partial charge is 0.173 e. The lowest BCUT2D eigenvalue weighted by Gasteiger charge is -2.37. The molecule has 1 N–H and O–H groups in total. The molecule has 2 rings (SSSR count). The number of anilines is 1. The number of nitrogens with zero attached hydrogens (tertiary/aromatic N) is 1. The molecular weight excluding hydrogens is 240 g/mol. The Morgan fingerprint density at radius 3 is 2.94 bits per heavy atom. The van der Waals surface area contributed by atoms with Gasteiger partial charge in [-0.15, -0.1) is 0 Å².